The highest BCUT2D eigenvalue weighted by Gasteiger charge is 2.15. The molecule has 7 nitrogen and oxygen atoms in total. The number of hydrogen-bond acceptors (Lipinski definition) is 5. The lowest BCUT2D eigenvalue weighted by Crippen LogP contribution is -2.18. The van der Waals surface area contributed by atoms with Crippen LogP contribution < -0.4 is 10.6 Å². The van der Waals surface area contributed by atoms with Gasteiger partial charge in [-0.3, -0.25) is 9.59 Å². The Labute approximate surface area is 149 Å². The third-order valence-electron chi connectivity index (χ3n) is 3.33. The summed E-state index contributed by atoms with van der Waals surface area (Å²) in [5, 5.41) is 16.6. The van der Waals surface area contributed by atoms with Crippen molar-refractivity contribution in [2.24, 2.45) is 5.92 Å². The molecule has 0 aliphatic heterocycles. The molecule has 0 radical (unpaired) electrons. The van der Waals surface area contributed by atoms with Gasteiger partial charge in [0, 0.05) is 11.3 Å². The van der Waals surface area contributed by atoms with E-state index in [1.807, 2.05) is 0 Å². The second-order valence-electron chi connectivity index (χ2n) is 5.87. The molecule has 0 bridgehead atoms. The minimum atomic E-state index is -1.11. The summed E-state index contributed by atoms with van der Waals surface area (Å²) in [5.41, 5.74) is 1.58. The van der Waals surface area contributed by atoms with Gasteiger partial charge in [0.25, 0.3) is 0 Å². The molecule has 2 amide bonds. The number of aromatic nitrogens is 1. The van der Waals surface area contributed by atoms with Crippen LogP contribution in [0, 0.1) is 12.8 Å². The Hall–Kier alpha value is -2.74. The van der Waals surface area contributed by atoms with Gasteiger partial charge in [-0.1, -0.05) is 25.5 Å². The summed E-state index contributed by atoms with van der Waals surface area (Å²) in [6.07, 6.45) is -0.0129. The Balaban J connectivity index is 2.03. The van der Waals surface area contributed by atoms with Crippen LogP contribution in [0.5, 0.6) is 0 Å². The molecule has 1 aromatic carbocycles. The molecule has 2 aromatic rings. The number of nitrogens with one attached hydrogen (secondary N) is 2. The van der Waals surface area contributed by atoms with Gasteiger partial charge in [0.05, 0.1) is 23.4 Å². The lowest BCUT2D eigenvalue weighted by molar-refractivity contribution is -0.119. The van der Waals surface area contributed by atoms with E-state index in [0.29, 0.717) is 10.8 Å². The smallest absolute Gasteiger partial charge is 0.337 e. The molecule has 25 heavy (non-hydrogen) atoms. The van der Waals surface area contributed by atoms with Crippen molar-refractivity contribution in [2.75, 3.05) is 10.6 Å². The second-order valence-corrected chi connectivity index (χ2v) is 6.73. The van der Waals surface area contributed by atoms with Crippen LogP contribution in [0.3, 0.4) is 0 Å². The van der Waals surface area contributed by atoms with Crippen LogP contribution in [0.2, 0.25) is 0 Å². The maximum atomic E-state index is 12.2. The third-order valence-corrected chi connectivity index (χ3v) is 4.13. The summed E-state index contributed by atoms with van der Waals surface area (Å²) in [6, 6.07) is 4.79. The van der Waals surface area contributed by atoms with Crippen molar-refractivity contribution in [3.8, 4) is 0 Å². The first-order valence-electron chi connectivity index (χ1n) is 7.65. The van der Waals surface area contributed by atoms with Crippen molar-refractivity contribution in [3.05, 3.63) is 40.4 Å². The van der Waals surface area contributed by atoms with E-state index in [-0.39, 0.29) is 35.4 Å². The van der Waals surface area contributed by atoms with Gasteiger partial charge in [0.15, 0.2) is 5.13 Å². The lowest BCUT2D eigenvalue weighted by Gasteiger charge is -2.08. The molecule has 3 N–H and O–H groups in total. The molecule has 0 spiro atoms. The summed E-state index contributed by atoms with van der Waals surface area (Å²) in [6.45, 7) is 5.33. The number of amides is 2. The Kier molecular flexibility index (Phi) is 5.87. The Morgan fingerprint density at radius 1 is 1.24 bits per heavy atom. The predicted molar refractivity (Wildman–Crippen MR) is 96.1 cm³/mol. The number of aromatic carboxylic acids is 1. The van der Waals surface area contributed by atoms with Gasteiger partial charge in [0.1, 0.15) is 0 Å². The largest absolute Gasteiger partial charge is 0.478 e. The molecular formula is C17H19N3O4S. The summed E-state index contributed by atoms with van der Waals surface area (Å²) >= 11 is 1.24. The number of anilines is 2. The molecule has 0 aliphatic rings. The van der Waals surface area contributed by atoms with Crippen molar-refractivity contribution in [2.45, 2.75) is 27.2 Å². The van der Waals surface area contributed by atoms with Crippen molar-refractivity contribution >= 4 is 39.9 Å². The summed E-state index contributed by atoms with van der Waals surface area (Å²) in [4.78, 5) is 39.3. The number of benzene rings is 1. The number of carboxylic acid groups (broad SMARTS) is 1. The van der Waals surface area contributed by atoms with Gasteiger partial charge in [0.2, 0.25) is 11.8 Å². The predicted octanol–water partition coefficient (Wildman–Crippen LogP) is 2.93. The van der Waals surface area contributed by atoms with Gasteiger partial charge in [-0.05, 0) is 19.1 Å². The number of hydrogen-bond donors (Lipinski definition) is 3. The van der Waals surface area contributed by atoms with Crippen LogP contribution in [0.4, 0.5) is 10.8 Å². The molecule has 0 saturated carbocycles. The van der Waals surface area contributed by atoms with E-state index < -0.39 is 5.97 Å². The minimum absolute atomic E-state index is 0.0129. The Morgan fingerprint density at radius 2 is 1.96 bits per heavy atom. The number of carbonyl (C=O) groups excluding carboxylic acids is 2. The van der Waals surface area contributed by atoms with E-state index in [9.17, 15) is 19.5 Å². The fourth-order valence-corrected chi connectivity index (χ4v) is 2.71. The monoisotopic (exact) mass is 361 g/mol. The molecule has 0 fully saturated rings. The van der Waals surface area contributed by atoms with Crippen molar-refractivity contribution in [1.29, 1.82) is 0 Å². The van der Waals surface area contributed by atoms with E-state index >= 15 is 0 Å². The molecule has 0 unspecified atom stereocenters. The number of carbonyl (C=O) groups is 3. The van der Waals surface area contributed by atoms with Gasteiger partial charge in [-0.15, -0.1) is 11.3 Å². The molecular weight excluding hydrogens is 342 g/mol. The summed E-state index contributed by atoms with van der Waals surface area (Å²) in [7, 11) is 0. The fraction of sp³-hybridized carbons (Fsp3) is 0.294. The minimum Gasteiger partial charge on any atom is -0.478 e. The van der Waals surface area contributed by atoms with Crippen LogP contribution in [0.1, 0.15) is 35.5 Å². The first-order chi connectivity index (χ1) is 11.8. The van der Waals surface area contributed by atoms with E-state index in [4.69, 9.17) is 0 Å². The number of nitrogens with zero attached hydrogens (tertiary/aromatic N) is 1. The van der Waals surface area contributed by atoms with Crippen LogP contribution in [0.15, 0.2) is 23.6 Å². The molecule has 0 saturated heterocycles. The fourth-order valence-electron chi connectivity index (χ4n) is 2.00. The highest BCUT2D eigenvalue weighted by Crippen LogP contribution is 2.19. The van der Waals surface area contributed by atoms with Crippen LogP contribution in [0.25, 0.3) is 0 Å². The maximum absolute atomic E-state index is 12.2. The number of rotatable bonds is 6. The number of thiazole rings is 1. The average Bonchev–Trinajstić information content (AvgIpc) is 2.95. The normalized spacial score (nSPS) is 10.6. The van der Waals surface area contributed by atoms with Crippen molar-refractivity contribution < 1.29 is 19.5 Å². The van der Waals surface area contributed by atoms with E-state index in [1.54, 1.807) is 38.3 Å². The molecule has 132 valence electrons. The highest BCUT2D eigenvalue weighted by atomic mass is 32.1. The highest BCUT2D eigenvalue weighted by molar-refractivity contribution is 7.13. The molecule has 2 rings (SSSR count). The van der Waals surface area contributed by atoms with Crippen molar-refractivity contribution in [1.82, 2.24) is 4.98 Å². The molecule has 8 heteroatoms. The first kappa shape index (κ1) is 18.6. The van der Waals surface area contributed by atoms with Crippen LogP contribution >= 0.6 is 11.3 Å². The zero-order chi connectivity index (χ0) is 18.6. The molecule has 0 atom stereocenters. The van der Waals surface area contributed by atoms with Gasteiger partial charge < -0.3 is 15.7 Å². The number of aryl methyl sites for hydroxylation is 1. The molecule has 0 aliphatic carbocycles. The zero-order valence-electron chi connectivity index (χ0n) is 14.1. The standard InChI is InChI=1S/C17H19N3O4S/c1-9(2)15(22)20-17-18-11(8-25-17)7-14(21)19-13-5-4-10(3)6-12(13)16(23)24/h4-6,8-9H,7H2,1-3H3,(H,19,21)(H,23,24)(H,18,20,22). The zero-order valence-corrected chi connectivity index (χ0v) is 14.9. The van der Waals surface area contributed by atoms with Gasteiger partial charge in [-0.2, -0.15) is 0 Å². The van der Waals surface area contributed by atoms with Gasteiger partial charge in [-0.25, -0.2) is 9.78 Å². The van der Waals surface area contributed by atoms with Crippen LogP contribution in [-0.2, 0) is 16.0 Å². The molecule has 1 aromatic heterocycles. The van der Waals surface area contributed by atoms with Crippen molar-refractivity contribution in [3.63, 3.8) is 0 Å². The third kappa shape index (κ3) is 5.12. The van der Waals surface area contributed by atoms with E-state index in [0.717, 1.165) is 5.56 Å². The summed E-state index contributed by atoms with van der Waals surface area (Å²) in [5.74, 6) is -1.78. The summed E-state index contributed by atoms with van der Waals surface area (Å²) < 4.78 is 0. The Bertz CT molecular complexity index is 814. The first-order valence-corrected chi connectivity index (χ1v) is 8.53. The van der Waals surface area contributed by atoms with Crippen LogP contribution in [-0.4, -0.2) is 27.9 Å². The number of carboxylic acids is 1. The van der Waals surface area contributed by atoms with E-state index in [1.165, 1.54) is 17.4 Å². The maximum Gasteiger partial charge on any atom is 0.337 e. The SMILES string of the molecule is Cc1ccc(NC(=O)Cc2csc(NC(=O)C(C)C)n2)c(C(=O)O)c1. The van der Waals surface area contributed by atoms with Gasteiger partial charge >= 0.3 is 5.97 Å². The average molecular weight is 361 g/mol. The van der Waals surface area contributed by atoms with E-state index in [2.05, 4.69) is 15.6 Å². The lowest BCUT2D eigenvalue weighted by atomic mass is 10.1. The Morgan fingerprint density at radius 3 is 2.60 bits per heavy atom. The second kappa shape index (κ2) is 7.89. The quantitative estimate of drug-likeness (QED) is 0.733. The topological polar surface area (TPSA) is 108 Å². The molecule has 1 heterocycles.